The first kappa shape index (κ1) is 18.7. The molecule has 0 atom stereocenters. The minimum atomic E-state index is -1.25. The fourth-order valence-electron chi connectivity index (χ4n) is 2.82. The number of imidazole rings is 1. The van der Waals surface area contributed by atoms with Crippen molar-refractivity contribution in [2.75, 3.05) is 0 Å². The Morgan fingerprint density at radius 3 is 2.42 bits per heavy atom. The second kappa shape index (κ2) is 6.57. The van der Waals surface area contributed by atoms with Crippen LogP contribution < -0.4 is 11.2 Å². The molecule has 0 saturated carbocycles. The first-order chi connectivity index (χ1) is 12.2. The molecule has 26 heavy (non-hydrogen) atoms. The highest BCUT2D eigenvalue weighted by atomic mass is 35.5. The number of rotatable bonds is 4. The molecule has 138 valence electrons. The molecule has 0 spiro atoms. The normalized spacial score (nSPS) is 11.4. The van der Waals surface area contributed by atoms with Gasteiger partial charge in [0.05, 0.1) is 17.5 Å². The zero-order valence-electron chi connectivity index (χ0n) is 14.0. The smallest absolute Gasteiger partial charge is 0.337 e. The number of carboxylic acid groups (broad SMARTS) is 1. The predicted molar refractivity (Wildman–Crippen MR) is 100 cm³/mol. The summed E-state index contributed by atoms with van der Waals surface area (Å²) in [5.74, 6) is -0.737. The lowest BCUT2D eigenvalue weighted by molar-refractivity contribution is 0.0698. The Balaban J connectivity index is 2.38. The molecule has 0 saturated heterocycles. The van der Waals surface area contributed by atoms with Gasteiger partial charge >= 0.3 is 11.7 Å². The molecule has 0 aromatic carbocycles. The van der Waals surface area contributed by atoms with Crippen molar-refractivity contribution >= 4 is 50.7 Å². The van der Waals surface area contributed by atoms with Crippen molar-refractivity contribution in [2.45, 2.75) is 26.9 Å². The molecular weight excluding hydrogens is 403 g/mol. The summed E-state index contributed by atoms with van der Waals surface area (Å²) in [5, 5.41) is 10.0. The van der Waals surface area contributed by atoms with E-state index in [1.54, 1.807) is 18.4 Å². The third-order valence-corrected chi connectivity index (χ3v) is 6.07. The Hall–Kier alpha value is -2.10. The van der Waals surface area contributed by atoms with Gasteiger partial charge in [0.15, 0.2) is 5.15 Å². The molecule has 0 amide bonds. The monoisotopic (exact) mass is 416 g/mol. The number of fused-ring (bicyclic) bond motifs is 1. The molecule has 0 unspecified atom stereocenters. The molecule has 0 bridgehead atoms. The van der Waals surface area contributed by atoms with Gasteiger partial charge in [0.1, 0.15) is 15.8 Å². The molecule has 0 aliphatic carbocycles. The molecule has 3 rings (SSSR count). The van der Waals surface area contributed by atoms with Crippen molar-refractivity contribution in [3.63, 3.8) is 0 Å². The summed E-state index contributed by atoms with van der Waals surface area (Å²) in [4.78, 5) is 41.6. The summed E-state index contributed by atoms with van der Waals surface area (Å²) in [6.07, 6.45) is 0. The van der Waals surface area contributed by atoms with E-state index in [4.69, 9.17) is 23.2 Å². The number of thiophene rings is 1. The number of hydrogen-bond acceptors (Lipinski definition) is 5. The Morgan fingerprint density at radius 1 is 1.27 bits per heavy atom. The molecule has 3 aromatic rings. The molecule has 11 heteroatoms. The highest BCUT2D eigenvalue weighted by molar-refractivity contribution is 7.19. The SMILES string of the molecule is CCn1c(=O)n(C)c(=O)c2c(C(=O)O)c(Cn3c(C)nc(Cl)c3Cl)sc21. The maximum Gasteiger partial charge on any atom is 0.337 e. The van der Waals surface area contributed by atoms with Gasteiger partial charge in [0.2, 0.25) is 0 Å². The average molecular weight is 417 g/mol. The summed E-state index contributed by atoms with van der Waals surface area (Å²) in [6, 6.07) is 0. The lowest BCUT2D eigenvalue weighted by Crippen LogP contribution is -2.37. The van der Waals surface area contributed by atoms with Crippen LogP contribution in [0.15, 0.2) is 9.59 Å². The number of aromatic nitrogens is 4. The van der Waals surface area contributed by atoms with Gasteiger partial charge in [-0.2, -0.15) is 0 Å². The minimum Gasteiger partial charge on any atom is -0.478 e. The summed E-state index contributed by atoms with van der Waals surface area (Å²) >= 11 is 13.1. The number of halogens is 2. The van der Waals surface area contributed by atoms with Gasteiger partial charge in [0, 0.05) is 18.5 Å². The van der Waals surface area contributed by atoms with E-state index in [0.29, 0.717) is 22.1 Å². The van der Waals surface area contributed by atoms with Crippen LogP contribution in [-0.2, 0) is 20.1 Å². The van der Waals surface area contributed by atoms with Gasteiger partial charge in [-0.15, -0.1) is 11.3 Å². The molecule has 3 heterocycles. The largest absolute Gasteiger partial charge is 0.478 e. The van der Waals surface area contributed by atoms with Gasteiger partial charge in [-0.3, -0.25) is 13.9 Å². The van der Waals surface area contributed by atoms with E-state index in [9.17, 15) is 19.5 Å². The van der Waals surface area contributed by atoms with Gasteiger partial charge in [0.25, 0.3) is 5.56 Å². The van der Waals surface area contributed by atoms with E-state index in [1.807, 2.05) is 0 Å². The van der Waals surface area contributed by atoms with Crippen LogP contribution in [0.5, 0.6) is 0 Å². The maximum atomic E-state index is 12.6. The zero-order valence-corrected chi connectivity index (χ0v) is 16.4. The van der Waals surface area contributed by atoms with E-state index < -0.39 is 17.2 Å². The minimum absolute atomic E-state index is 0.0152. The number of carboxylic acids is 1. The Labute approximate surface area is 160 Å². The third kappa shape index (κ3) is 2.67. The van der Waals surface area contributed by atoms with Gasteiger partial charge in [-0.1, -0.05) is 23.2 Å². The van der Waals surface area contributed by atoms with E-state index in [1.165, 1.54) is 11.6 Å². The van der Waals surface area contributed by atoms with E-state index in [0.717, 1.165) is 15.9 Å². The fourth-order valence-corrected chi connectivity index (χ4v) is 4.60. The highest BCUT2D eigenvalue weighted by Gasteiger charge is 2.26. The fraction of sp³-hybridized carbons (Fsp3) is 0.333. The van der Waals surface area contributed by atoms with Crippen LogP contribution >= 0.6 is 34.5 Å². The molecule has 3 aromatic heterocycles. The number of carbonyl (C=O) groups is 1. The van der Waals surface area contributed by atoms with Gasteiger partial charge in [-0.05, 0) is 13.8 Å². The van der Waals surface area contributed by atoms with E-state index in [-0.39, 0.29) is 27.8 Å². The van der Waals surface area contributed by atoms with Crippen molar-refractivity contribution in [3.8, 4) is 0 Å². The van der Waals surface area contributed by atoms with Crippen molar-refractivity contribution in [1.82, 2.24) is 18.7 Å². The van der Waals surface area contributed by atoms with Crippen LogP contribution in [0, 0.1) is 6.92 Å². The second-order valence-electron chi connectivity index (χ2n) is 5.60. The Kier molecular flexibility index (Phi) is 4.72. The molecule has 0 fully saturated rings. The van der Waals surface area contributed by atoms with Crippen LogP contribution in [-0.4, -0.2) is 29.8 Å². The number of aromatic carboxylic acids is 1. The molecule has 8 nitrogen and oxygen atoms in total. The Bertz CT molecular complexity index is 1170. The molecule has 0 radical (unpaired) electrons. The predicted octanol–water partition coefficient (Wildman–Crippen LogP) is 2.34. The summed E-state index contributed by atoms with van der Waals surface area (Å²) in [7, 11) is 1.33. The lowest BCUT2D eigenvalue weighted by Gasteiger charge is -2.06. The third-order valence-electron chi connectivity index (χ3n) is 4.13. The van der Waals surface area contributed by atoms with Crippen molar-refractivity contribution in [3.05, 3.63) is 47.4 Å². The molecule has 0 aliphatic heterocycles. The zero-order chi connectivity index (χ0) is 19.3. The molecular formula is C15H14Cl2N4O4S. The standard InChI is InChI=1S/C15H14Cl2N4O4S/c1-4-20-13-9(12(22)19(3)15(20)25)8(14(23)24)7(26-13)5-21-6(2)18-10(16)11(21)17/h4-5H2,1-3H3,(H,23,24). The van der Waals surface area contributed by atoms with Crippen LogP contribution in [0.4, 0.5) is 0 Å². The second-order valence-corrected chi connectivity index (χ2v) is 7.40. The highest BCUT2D eigenvalue weighted by Crippen LogP contribution is 2.32. The van der Waals surface area contributed by atoms with Gasteiger partial charge < -0.3 is 9.67 Å². The average Bonchev–Trinajstić information content (AvgIpc) is 3.06. The summed E-state index contributed by atoms with van der Waals surface area (Å²) < 4.78 is 3.85. The molecule has 1 N–H and O–H groups in total. The summed E-state index contributed by atoms with van der Waals surface area (Å²) in [6.45, 7) is 3.82. The van der Waals surface area contributed by atoms with Crippen LogP contribution in [0.2, 0.25) is 10.3 Å². The quantitative estimate of drug-likeness (QED) is 0.703. The lowest BCUT2D eigenvalue weighted by atomic mass is 10.2. The van der Waals surface area contributed by atoms with Crippen molar-refractivity contribution in [1.29, 1.82) is 0 Å². The van der Waals surface area contributed by atoms with Crippen molar-refractivity contribution < 1.29 is 9.90 Å². The van der Waals surface area contributed by atoms with E-state index >= 15 is 0 Å². The van der Waals surface area contributed by atoms with Crippen LogP contribution in [0.3, 0.4) is 0 Å². The topological polar surface area (TPSA) is 99.1 Å². The summed E-state index contributed by atoms with van der Waals surface area (Å²) in [5.41, 5.74) is -1.26. The van der Waals surface area contributed by atoms with Crippen LogP contribution in [0.25, 0.3) is 10.2 Å². The van der Waals surface area contributed by atoms with Crippen molar-refractivity contribution in [2.24, 2.45) is 7.05 Å². The maximum absolute atomic E-state index is 12.6. The number of nitrogens with zero attached hydrogens (tertiary/aromatic N) is 4. The first-order valence-corrected chi connectivity index (χ1v) is 9.12. The van der Waals surface area contributed by atoms with Gasteiger partial charge in [-0.25, -0.2) is 14.6 Å². The molecule has 0 aliphatic rings. The number of aryl methyl sites for hydroxylation is 2. The number of hydrogen-bond donors (Lipinski definition) is 1. The first-order valence-electron chi connectivity index (χ1n) is 7.55. The van der Waals surface area contributed by atoms with Crippen LogP contribution in [0.1, 0.15) is 28.0 Å². The Morgan fingerprint density at radius 2 is 1.92 bits per heavy atom. The van der Waals surface area contributed by atoms with E-state index in [2.05, 4.69) is 4.98 Å².